The highest BCUT2D eigenvalue weighted by molar-refractivity contribution is 5.83. The molecule has 0 amide bonds. The topological polar surface area (TPSA) is 68.0 Å². The molecule has 0 spiro atoms. The van der Waals surface area contributed by atoms with Crippen LogP contribution in [0.15, 0.2) is 79.0 Å². The molecule has 1 aliphatic rings. The van der Waals surface area contributed by atoms with Gasteiger partial charge in [-0.2, -0.15) is 13.9 Å². The van der Waals surface area contributed by atoms with Crippen LogP contribution in [0.5, 0.6) is 5.88 Å². The molecule has 0 aliphatic carbocycles. The molecular formula is C26H22FN4O2+. The molecular weight excluding hydrogens is 419 g/mol. The number of rotatable bonds is 6. The monoisotopic (exact) mass is 441 g/mol. The van der Waals surface area contributed by atoms with Crippen LogP contribution in [0.4, 0.5) is 10.2 Å². The highest BCUT2D eigenvalue weighted by Gasteiger charge is 2.41. The molecule has 1 atom stereocenters. The summed E-state index contributed by atoms with van der Waals surface area (Å²) in [6, 6.07) is 22.1. The van der Waals surface area contributed by atoms with Gasteiger partial charge in [0.05, 0.1) is 7.11 Å². The first-order valence-corrected chi connectivity index (χ1v) is 10.7. The third-order valence-electron chi connectivity index (χ3n) is 5.67. The van der Waals surface area contributed by atoms with E-state index in [1.165, 1.54) is 13.2 Å². The largest absolute Gasteiger partial charge is 0.481 e. The summed E-state index contributed by atoms with van der Waals surface area (Å²) < 4.78 is 20.4. The Hall–Kier alpha value is -4.13. The molecule has 7 heteroatoms. The average Bonchev–Trinajstić information content (AvgIpc) is 3.17. The molecule has 1 N–H and O–H groups in total. The Morgan fingerprint density at radius 1 is 1.00 bits per heavy atom. The average molecular weight is 441 g/mol. The van der Waals surface area contributed by atoms with Crippen LogP contribution in [-0.2, 0) is 12.8 Å². The lowest BCUT2D eigenvalue weighted by molar-refractivity contribution is -0.552. The predicted molar refractivity (Wildman–Crippen MR) is 122 cm³/mol. The van der Waals surface area contributed by atoms with Gasteiger partial charge in [-0.15, -0.1) is 0 Å². The van der Waals surface area contributed by atoms with Gasteiger partial charge in [0.25, 0.3) is 0 Å². The van der Waals surface area contributed by atoms with Crippen molar-refractivity contribution in [3.63, 3.8) is 0 Å². The number of nitrogens with zero attached hydrogens (tertiary/aromatic N) is 3. The number of carbonyl (C=O) groups excluding carboxylic acids is 1. The van der Waals surface area contributed by atoms with Gasteiger partial charge in [-0.3, -0.25) is 5.32 Å². The fraction of sp³-hybridized carbons (Fsp3) is 0.154. The number of nitrogens with one attached hydrogen (secondary N) is 1. The molecule has 0 radical (unpaired) electrons. The molecule has 2 aromatic heterocycles. The van der Waals surface area contributed by atoms with E-state index in [1.54, 1.807) is 16.8 Å². The Bertz CT molecular complexity index is 1310. The Kier molecular flexibility index (Phi) is 5.52. The van der Waals surface area contributed by atoms with Crippen molar-refractivity contribution in [1.29, 1.82) is 0 Å². The van der Waals surface area contributed by atoms with Crippen LogP contribution < -0.4 is 14.6 Å². The standard InChI is InChI=1S/C26H21FN4O2/c1-33-25-19(12-13-23(27)30-25)15-21-26(32)31-16-22(18-10-6-3-7-11-18)28-20(24(31)29-21)14-17-8-4-2-5-9-17/h2-13,16,21H,14-15H2,1H3/p+1. The zero-order chi connectivity index (χ0) is 22.8. The Morgan fingerprint density at radius 2 is 1.73 bits per heavy atom. The maximum absolute atomic E-state index is 13.5. The van der Waals surface area contributed by atoms with E-state index >= 15 is 0 Å². The highest BCUT2D eigenvalue weighted by atomic mass is 19.1. The molecule has 5 rings (SSSR count). The van der Waals surface area contributed by atoms with Crippen molar-refractivity contribution in [2.75, 3.05) is 12.4 Å². The minimum atomic E-state index is -0.624. The van der Waals surface area contributed by atoms with E-state index in [-0.39, 0.29) is 11.8 Å². The van der Waals surface area contributed by atoms with E-state index in [4.69, 9.17) is 9.72 Å². The number of carbonyl (C=O) groups is 1. The summed E-state index contributed by atoms with van der Waals surface area (Å²) in [5.74, 6) is 0.117. The normalized spacial score (nSPS) is 14.6. The molecule has 3 heterocycles. The fourth-order valence-electron chi connectivity index (χ4n) is 4.07. The summed E-state index contributed by atoms with van der Waals surface area (Å²) in [5, 5.41) is 3.34. The molecule has 1 unspecified atom stereocenters. The summed E-state index contributed by atoms with van der Waals surface area (Å²) in [6.45, 7) is 0. The van der Waals surface area contributed by atoms with Crippen LogP contribution in [0.1, 0.15) is 21.6 Å². The maximum atomic E-state index is 13.5. The van der Waals surface area contributed by atoms with Crippen molar-refractivity contribution in [2.24, 2.45) is 0 Å². The smallest absolute Gasteiger partial charge is 0.359 e. The number of benzene rings is 2. The van der Waals surface area contributed by atoms with Crippen molar-refractivity contribution in [1.82, 2.24) is 9.97 Å². The van der Waals surface area contributed by atoms with Gasteiger partial charge in [0.1, 0.15) is 17.6 Å². The first-order valence-electron chi connectivity index (χ1n) is 10.7. The van der Waals surface area contributed by atoms with E-state index in [0.29, 0.717) is 24.2 Å². The molecule has 33 heavy (non-hydrogen) atoms. The third kappa shape index (κ3) is 4.17. The second-order valence-electron chi connectivity index (χ2n) is 7.86. The van der Waals surface area contributed by atoms with Gasteiger partial charge in [0, 0.05) is 24.0 Å². The number of aromatic nitrogens is 3. The molecule has 4 aromatic rings. The number of methoxy groups -OCH3 is 1. The molecule has 1 aliphatic heterocycles. The van der Waals surface area contributed by atoms with Gasteiger partial charge in [-0.05, 0) is 17.7 Å². The number of pyridine rings is 1. The van der Waals surface area contributed by atoms with Crippen molar-refractivity contribution >= 4 is 11.7 Å². The van der Waals surface area contributed by atoms with Gasteiger partial charge >= 0.3 is 11.7 Å². The van der Waals surface area contributed by atoms with E-state index in [0.717, 1.165) is 22.5 Å². The lowest BCUT2D eigenvalue weighted by Crippen LogP contribution is -2.44. The molecule has 0 saturated heterocycles. The number of hydrogen-bond acceptors (Lipinski definition) is 5. The number of ether oxygens (including phenoxy) is 1. The lowest BCUT2D eigenvalue weighted by atomic mass is 10.1. The summed E-state index contributed by atoms with van der Waals surface area (Å²) in [7, 11) is 1.44. The van der Waals surface area contributed by atoms with Crippen LogP contribution in [0.3, 0.4) is 0 Å². The predicted octanol–water partition coefficient (Wildman–Crippen LogP) is 3.85. The zero-order valence-electron chi connectivity index (χ0n) is 18.0. The van der Waals surface area contributed by atoms with E-state index < -0.39 is 12.0 Å². The Morgan fingerprint density at radius 3 is 2.45 bits per heavy atom. The van der Waals surface area contributed by atoms with E-state index in [2.05, 4.69) is 10.3 Å². The molecule has 2 aromatic carbocycles. The number of halogens is 1. The van der Waals surface area contributed by atoms with Gasteiger partial charge < -0.3 is 4.74 Å². The Labute approximate surface area is 190 Å². The lowest BCUT2D eigenvalue weighted by Gasteiger charge is -2.08. The van der Waals surface area contributed by atoms with Crippen molar-refractivity contribution in [3.8, 4) is 17.1 Å². The van der Waals surface area contributed by atoms with E-state index in [9.17, 15) is 9.18 Å². The molecule has 0 saturated carbocycles. The summed E-state index contributed by atoms with van der Waals surface area (Å²) in [6.07, 6.45) is 2.66. The first kappa shape index (κ1) is 20.8. The minimum absolute atomic E-state index is 0.106. The van der Waals surface area contributed by atoms with Crippen molar-refractivity contribution < 1.29 is 18.5 Å². The molecule has 6 nitrogen and oxygen atoms in total. The van der Waals surface area contributed by atoms with E-state index in [1.807, 2.05) is 60.7 Å². The second kappa shape index (κ2) is 8.78. The summed E-state index contributed by atoms with van der Waals surface area (Å²) in [4.78, 5) is 22.1. The number of fused-ring (bicyclic) bond motifs is 1. The SMILES string of the molecule is COc1nc(F)ccc1CC1Nc2c(Cc3ccccc3)nc(-c3ccccc3)c[n+]2C1=O. The van der Waals surface area contributed by atoms with Crippen LogP contribution in [0, 0.1) is 5.95 Å². The number of hydrogen-bond donors (Lipinski definition) is 1. The van der Waals surface area contributed by atoms with Gasteiger partial charge in [-0.1, -0.05) is 60.7 Å². The Balaban J connectivity index is 1.54. The molecule has 0 fully saturated rings. The minimum Gasteiger partial charge on any atom is -0.481 e. The van der Waals surface area contributed by atoms with Gasteiger partial charge in [0.15, 0.2) is 6.04 Å². The maximum Gasteiger partial charge on any atom is 0.359 e. The highest BCUT2D eigenvalue weighted by Crippen LogP contribution is 2.26. The zero-order valence-corrected chi connectivity index (χ0v) is 18.0. The second-order valence-corrected chi connectivity index (χ2v) is 7.86. The van der Waals surface area contributed by atoms with Crippen LogP contribution in [0.25, 0.3) is 11.3 Å². The van der Waals surface area contributed by atoms with Gasteiger partial charge in [0.2, 0.25) is 11.8 Å². The quantitative estimate of drug-likeness (QED) is 0.364. The fourth-order valence-corrected chi connectivity index (χ4v) is 4.07. The summed E-state index contributed by atoms with van der Waals surface area (Å²) in [5.41, 5.74) is 4.19. The van der Waals surface area contributed by atoms with Crippen LogP contribution in [0.2, 0.25) is 0 Å². The molecule has 0 bridgehead atoms. The van der Waals surface area contributed by atoms with Crippen LogP contribution in [-0.4, -0.2) is 29.0 Å². The molecule has 164 valence electrons. The summed E-state index contributed by atoms with van der Waals surface area (Å²) >= 11 is 0. The van der Waals surface area contributed by atoms with Crippen LogP contribution >= 0.6 is 0 Å². The third-order valence-corrected chi connectivity index (χ3v) is 5.67. The van der Waals surface area contributed by atoms with Crippen molar-refractivity contribution in [2.45, 2.75) is 18.9 Å². The van der Waals surface area contributed by atoms with Gasteiger partial charge in [-0.25, -0.2) is 9.78 Å². The van der Waals surface area contributed by atoms with Crippen molar-refractivity contribution in [3.05, 3.63) is 102 Å². The number of anilines is 1. The first-order chi connectivity index (χ1) is 16.1.